The molecule has 0 bridgehead atoms. The van der Waals surface area contributed by atoms with Crippen molar-refractivity contribution in [3.8, 4) is 0 Å². The molecule has 0 saturated heterocycles. The Labute approximate surface area is 83.0 Å². The highest BCUT2D eigenvalue weighted by Gasteiger charge is 2.21. The van der Waals surface area contributed by atoms with Crippen molar-refractivity contribution >= 4 is 17.1 Å². The molecule has 0 unspecified atom stereocenters. The summed E-state index contributed by atoms with van der Waals surface area (Å²) < 4.78 is 0. The SMILES string of the molecule is CC(=O)c1nc(C)c(C(C)(C)C)s1. The van der Waals surface area contributed by atoms with Crippen LogP contribution in [-0.2, 0) is 5.41 Å². The minimum Gasteiger partial charge on any atom is -0.292 e. The van der Waals surface area contributed by atoms with Crippen LogP contribution in [0.5, 0.6) is 0 Å². The Balaban J connectivity index is 3.18. The van der Waals surface area contributed by atoms with E-state index in [9.17, 15) is 4.79 Å². The van der Waals surface area contributed by atoms with Gasteiger partial charge in [0, 0.05) is 11.8 Å². The van der Waals surface area contributed by atoms with Crippen molar-refractivity contribution in [1.82, 2.24) is 4.98 Å². The molecule has 0 atom stereocenters. The van der Waals surface area contributed by atoms with E-state index in [4.69, 9.17) is 0 Å². The maximum Gasteiger partial charge on any atom is 0.188 e. The molecule has 0 aliphatic carbocycles. The fourth-order valence-corrected chi connectivity index (χ4v) is 2.26. The van der Waals surface area contributed by atoms with Gasteiger partial charge >= 0.3 is 0 Å². The van der Waals surface area contributed by atoms with Gasteiger partial charge in [0.25, 0.3) is 0 Å². The first kappa shape index (κ1) is 10.4. The average molecular weight is 197 g/mol. The van der Waals surface area contributed by atoms with Gasteiger partial charge in [0.2, 0.25) is 0 Å². The summed E-state index contributed by atoms with van der Waals surface area (Å²) in [6, 6.07) is 0. The van der Waals surface area contributed by atoms with E-state index in [0.29, 0.717) is 5.01 Å². The van der Waals surface area contributed by atoms with Gasteiger partial charge in [-0.15, -0.1) is 11.3 Å². The van der Waals surface area contributed by atoms with Gasteiger partial charge in [0.05, 0.1) is 5.69 Å². The Bertz CT molecular complexity index is 333. The van der Waals surface area contributed by atoms with Gasteiger partial charge in [-0.1, -0.05) is 20.8 Å². The average Bonchev–Trinajstić information content (AvgIpc) is 2.29. The first-order valence-electron chi connectivity index (χ1n) is 4.31. The minimum atomic E-state index is 0.0589. The molecule has 0 radical (unpaired) electrons. The third-order valence-corrected chi connectivity index (χ3v) is 3.46. The van der Waals surface area contributed by atoms with E-state index in [1.807, 2.05) is 6.92 Å². The van der Waals surface area contributed by atoms with E-state index in [1.165, 1.54) is 16.2 Å². The summed E-state index contributed by atoms with van der Waals surface area (Å²) in [6.45, 7) is 9.93. The third kappa shape index (κ3) is 2.15. The van der Waals surface area contributed by atoms with Gasteiger partial charge in [-0.2, -0.15) is 0 Å². The van der Waals surface area contributed by atoms with Crippen molar-refractivity contribution in [3.05, 3.63) is 15.6 Å². The van der Waals surface area contributed by atoms with Gasteiger partial charge in [-0.3, -0.25) is 4.79 Å². The Hall–Kier alpha value is -0.700. The second-order valence-corrected chi connectivity index (χ2v) is 5.24. The zero-order chi connectivity index (χ0) is 10.2. The predicted molar refractivity (Wildman–Crippen MR) is 55.6 cm³/mol. The number of aryl methyl sites for hydroxylation is 1. The van der Waals surface area contributed by atoms with Gasteiger partial charge in [-0.25, -0.2) is 4.98 Å². The van der Waals surface area contributed by atoms with E-state index in [2.05, 4.69) is 25.8 Å². The van der Waals surface area contributed by atoms with Crippen molar-refractivity contribution in [2.45, 2.75) is 40.0 Å². The molecule has 3 heteroatoms. The molecule has 1 aromatic rings. The van der Waals surface area contributed by atoms with Crippen molar-refractivity contribution in [1.29, 1.82) is 0 Å². The maximum atomic E-state index is 11.1. The van der Waals surface area contributed by atoms with E-state index in [-0.39, 0.29) is 11.2 Å². The number of hydrogen-bond donors (Lipinski definition) is 0. The number of rotatable bonds is 1. The van der Waals surface area contributed by atoms with Crippen LogP contribution in [0.1, 0.15) is 48.1 Å². The quantitative estimate of drug-likeness (QED) is 0.648. The lowest BCUT2D eigenvalue weighted by Crippen LogP contribution is -2.10. The van der Waals surface area contributed by atoms with Crippen molar-refractivity contribution in [2.75, 3.05) is 0 Å². The third-order valence-electron chi connectivity index (χ3n) is 1.78. The van der Waals surface area contributed by atoms with Crippen molar-refractivity contribution < 1.29 is 4.79 Å². The van der Waals surface area contributed by atoms with Crippen LogP contribution < -0.4 is 0 Å². The number of hydrogen-bond acceptors (Lipinski definition) is 3. The molecule has 0 saturated carbocycles. The number of aromatic nitrogens is 1. The number of ketones is 1. The van der Waals surface area contributed by atoms with Crippen LogP contribution in [0, 0.1) is 6.92 Å². The zero-order valence-corrected chi connectivity index (χ0v) is 9.58. The highest BCUT2D eigenvalue weighted by Crippen LogP contribution is 2.31. The summed E-state index contributed by atoms with van der Waals surface area (Å²) in [7, 11) is 0. The summed E-state index contributed by atoms with van der Waals surface area (Å²) in [6.07, 6.45) is 0. The molecular formula is C10H15NOS. The van der Waals surface area contributed by atoms with Gasteiger partial charge in [-0.05, 0) is 12.3 Å². The Morgan fingerprint density at radius 3 is 2.15 bits per heavy atom. The summed E-state index contributed by atoms with van der Waals surface area (Å²) in [5.41, 5.74) is 1.08. The van der Waals surface area contributed by atoms with Crippen LogP contribution in [0.25, 0.3) is 0 Å². The van der Waals surface area contributed by atoms with E-state index in [1.54, 1.807) is 6.92 Å². The molecule has 0 amide bonds. The second kappa shape index (κ2) is 3.22. The molecule has 1 heterocycles. The molecule has 0 aromatic carbocycles. The maximum absolute atomic E-state index is 11.1. The normalized spacial score (nSPS) is 11.8. The van der Waals surface area contributed by atoms with Gasteiger partial charge in [0.15, 0.2) is 10.8 Å². The van der Waals surface area contributed by atoms with Crippen LogP contribution in [0.4, 0.5) is 0 Å². The fraction of sp³-hybridized carbons (Fsp3) is 0.600. The molecule has 0 spiro atoms. The lowest BCUT2D eigenvalue weighted by molar-refractivity contribution is 0.101. The number of carbonyl (C=O) groups excluding carboxylic acids is 1. The first-order chi connectivity index (χ1) is 5.82. The van der Waals surface area contributed by atoms with E-state index >= 15 is 0 Å². The summed E-state index contributed by atoms with van der Waals surface area (Å²) in [4.78, 5) is 16.5. The number of Topliss-reactive ketones (excluding diaryl/α,β-unsaturated/α-hetero) is 1. The Morgan fingerprint density at radius 1 is 1.38 bits per heavy atom. The number of carbonyl (C=O) groups is 1. The van der Waals surface area contributed by atoms with Gasteiger partial charge in [0.1, 0.15) is 0 Å². The first-order valence-corrected chi connectivity index (χ1v) is 5.13. The molecule has 0 aliphatic heterocycles. The standard InChI is InChI=1S/C10H15NOS/c1-6-8(10(3,4)5)13-9(11-6)7(2)12/h1-5H3. The molecule has 1 rings (SSSR count). The van der Waals surface area contributed by atoms with Crippen LogP contribution >= 0.6 is 11.3 Å². The lowest BCUT2D eigenvalue weighted by atomic mass is 9.94. The van der Waals surface area contributed by atoms with Crippen LogP contribution in [0.2, 0.25) is 0 Å². The summed E-state index contributed by atoms with van der Waals surface area (Å²) in [5.74, 6) is 0.0589. The fourth-order valence-electron chi connectivity index (χ4n) is 1.24. The molecule has 2 nitrogen and oxygen atoms in total. The summed E-state index contributed by atoms with van der Waals surface area (Å²) in [5, 5.41) is 0.627. The molecule has 1 aromatic heterocycles. The topological polar surface area (TPSA) is 30.0 Å². The minimum absolute atomic E-state index is 0.0589. The molecule has 0 aliphatic rings. The number of nitrogens with zero attached hydrogens (tertiary/aromatic N) is 1. The van der Waals surface area contributed by atoms with Crippen molar-refractivity contribution in [3.63, 3.8) is 0 Å². The molecule has 0 fully saturated rings. The van der Waals surface area contributed by atoms with E-state index in [0.717, 1.165) is 5.69 Å². The molecule has 72 valence electrons. The second-order valence-electron chi connectivity index (χ2n) is 4.24. The smallest absolute Gasteiger partial charge is 0.188 e. The largest absolute Gasteiger partial charge is 0.292 e. The van der Waals surface area contributed by atoms with Gasteiger partial charge < -0.3 is 0 Å². The highest BCUT2D eigenvalue weighted by atomic mass is 32.1. The molecule has 0 N–H and O–H groups in total. The monoisotopic (exact) mass is 197 g/mol. The van der Waals surface area contributed by atoms with Crippen LogP contribution in [0.3, 0.4) is 0 Å². The van der Waals surface area contributed by atoms with Crippen LogP contribution in [-0.4, -0.2) is 10.8 Å². The summed E-state index contributed by atoms with van der Waals surface area (Å²) >= 11 is 1.51. The predicted octanol–water partition coefficient (Wildman–Crippen LogP) is 2.95. The van der Waals surface area contributed by atoms with E-state index < -0.39 is 0 Å². The Kier molecular flexibility index (Phi) is 2.57. The molecular weight excluding hydrogens is 182 g/mol. The highest BCUT2D eigenvalue weighted by molar-refractivity contribution is 7.13. The van der Waals surface area contributed by atoms with Crippen LogP contribution in [0.15, 0.2) is 0 Å². The Morgan fingerprint density at radius 2 is 1.92 bits per heavy atom. The lowest BCUT2D eigenvalue weighted by Gasteiger charge is -2.16. The molecule has 13 heavy (non-hydrogen) atoms. The van der Waals surface area contributed by atoms with Crippen molar-refractivity contribution in [2.24, 2.45) is 0 Å². The zero-order valence-electron chi connectivity index (χ0n) is 8.76. The number of thiazole rings is 1.